The van der Waals surface area contributed by atoms with Gasteiger partial charge in [0.25, 0.3) is 0 Å². The summed E-state index contributed by atoms with van der Waals surface area (Å²) in [6.07, 6.45) is 0. The van der Waals surface area contributed by atoms with Crippen LogP contribution < -0.4 is 15.4 Å². The first-order valence-electron chi connectivity index (χ1n) is 6.02. The van der Waals surface area contributed by atoms with E-state index in [0.29, 0.717) is 5.88 Å². The maximum absolute atomic E-state index is 5.97. The second-order valence-electron chi connectivity index (χ2n) is 4.19. The van der Waals surface area contributed by atoms with E-state index < -0.39 is 0 Å². The van der Waals surface area contributed by atoms with E-state index in [-0.39, 0.29) is 0 Å². The number of pyridine rings is 1. The highest BCUT2D eigenvalue weighted by molar-refractivity contribution is 5.63. The van der Waals surface area contributed by atoms with Crippen molar-refractivity contribution in [3.63, 3.8) is 0 Å². The van der Waals surface area contributed by atoms with Crippen molar-refractivity contribution < 1.29 is 4.74 Å². The first-order chi connectivity index (χ1) is 8.24. The Morgan fingerprint density at radius 3 is 2.59 bits per heavy atom. The summed E-state index contributed by atoms with van der Waals surface area (Å²) in [7, 11) is 1.62. The molecule has 0 aromatic carbocycles. The van der Waals surface area contributed by atoms with E-state index in [1.165, 1.54) is 0 Å². The van der Waals surface area contributed by atoms with Crippen molar-refractivity contribution in [3.05, 3.63) is 12.1 Å². The van der Waals surface area contributed by atoms with Gasteiger partial charge in [0.1, 0.15) is 0 Å². The Morgan fingerprint density at radius 2 is 2.00 bits per heavy atom. The summed E-state index contributed by atoms with van der Waals surface area (Å²) in [6, 6.07) is 3.65. The molecule has 94 valence electrons. The molecule has 1 aliphatic heterocycles. The van der Waals surface area contributed by atoms with Gasteiger partial charge in [0.05, 0.1) is 12.8 Å². The SMILES string of the molecule is CCN1CCN(c2nc(OC)ccc2N)CC1. The van der Waals surface area contributed by atoms with E-state index in [2.05, 4.69) is 21.7 Å². The van der Waals surface area contributed by atoms with Crippen LogP contribution in [0.15, 0.2) is 12.1 Å². The van der Waals surface area contributed by atoms with Crippen molar-refractivity contribution in [1.29, 1.82) is 0 Å². The average Bonchev–Trinajstić information content (AvgIpc) is 2.39. The maximum Gasteiger partial charge on any atom is 0.215 e. The largest absolute Gasteiger partial charge is 0.481 e. The van der Waals surface area contributed by atoms with Crippen LogP contribution >= 0.6 is 0 Å². The van der Waals surface area contributed by atoms with Crippen LogP contribution in [0.5, 0.6) is 5.88 Å². The monoisotopic (exact) mass is 236 g/mol. The molecule has 0 radical (unpaired) electrons. The second kappa shape index (κ2) is 5.23. The van der Waals surface area contributed by atoms with E-state index in [9.17, 15) is 0 Å². The zero-order valence-electron chi connectivity index (χ0n) is 10.5. The predicted octanol–water partition coefficient (Wildman–Crippen LogP) is 0.814. The molecular weight excluding hydrogens is 216 g/mol. The van der Waals surface area contributed by atoms with Crippen molar-refractivity contribution in [2.45, 2.75) is 6.92 Å². The van der Waals surface area contributed by atoms with Crippen molar-refractivity contribution in [2.24, 2.45) is 0 Å². The molecule has 1 aliphatic rings. The summed E-state index contributed by atoms with van der Waals surface area (Å²) in [6.45, 7) is 7.36. The normalized spacial score (nSPS) is 17.2. The van der Waals surface area contributed by atoms with Crippen LogP contribution in [0.1, 0.15) is 6.92 Å². The molecule has 1 fully saturated rings. The van der Waals surface area contributed by atoms with Gasteiger partial charge < -0.3 is 20.3 Å². The van der Waals surface area contributed by atoms with Gasteiger partial charge in [-0.1, -0.05) is 6.92 Å². The molecule has 2 heterocycles. The van der Waals surface area contributed by atoms with Crippen LogP contribution in [-0.2, 0) is 0 Å². The Kier molecular flexibility index (Phi) is 3.68. The van der Waals surface area contributed by atoms with Gasteiger partial charge in [-0.15, -0.1) is 0 Å². The van der Waals surface area contributed by atoms with E-state index in [0.717, 1.165) is 44.2 Å². The van der Waals surface area contributed by atoms with Gasteiger partial charge in [0, 0.05) is 32.2 Å². The molecule has 2 rings (SSSR count). The second-order valence-corrected chi connectivity index (χ2v) is 4.19. The number of likely N-dealkylation sites (N-methyl/N-ethyl adjacent to an activating group) is 1. The van der Waals surface area contributed by atoms with Crippen LogP contribution in [0.3, 0.4) is 0 Å². The Morgan fingerprint density at radius 1 is 1.29 bits per heavy atom. The molecule has 17 heavy (non-hydrogen) atoms. The number of nitrogens with two attached hydrogens (primary N) is 1. The summed E-state index contributed by atoms with van der Waals surface area (Å²) in [5.41, 5.74) is 6.69. The van der Waals surface area contributed by atoms with Gasteiger partial charge in [0.15, 0.2) is 5.82 Å². The molecule has 0 amide bonds. The number of nitrogens with zero attached hydrogens (tertiary/aromatic N) is 3. The number of anilines is 2. The number of methoxy groups -OCH3 is 1. The lowest BCUT2D eigenvalue weighted by atomic mass is 10.3. The van der Waals surface area contributed by atoms with Gasteiger partial charge >= 0.3 is 0 Å². The molecule has 0 aliphatic carbocycles. The lowest BCUT2D eigenvalue weighted by Crippen LogP contribution is -2.46. The topological polar surface area (TPSA) is 54.6 Å². The molecule has 1 aromatic heterocycles. The molecule has 2 N–H and O–H groups in total. The van der Waals surface area contributed by atoms with Crippen LogP contribution in [0.2, 0.25) is 0 Å². The number of aromatic nitrogens is 1. The highest BCUT2D eigenvalue weighted by atomic mass is 16.5. The Hall–Kier alpha value is -1.49. The summed E-state index contributed by atoms with van der Waals surface area (Å²) in [5, 5.41) is 0. The molecule has 0 spiro atoms. The Bertz CT molecular complexity index is 375. The summed E-state index contributed by atoms with van der Waals surface area (Å²) < 4.78 is 5.14. The van der Waals surface area contributed by atoms with E-state index in [1.54, 1.807) is 13.2 Å². The number of hydrogen-bond donors (Lipinski definition) is 1. The molecular formula is C12H20N4O. The summed E-state index contributed by atoms with van der Waals surface area (Å²) in [4.78, 5) is 9.08. The number of hydrogen-bond acceptors (Lipinski definition) is 5. The fourth-order valence-electron chi connectivity index (χ4n) is 2.08. The standard InChI is InChI=1S/C12H20N4O/c1-3-15-6-8-16(9-7-15)12-10(13)4-5-11(14-12)17-2/h4-5H,3,6-9,13H2,1-2H3. The molecule has 0 atom stereocenters. The summed E-state index contributed by atoms with van der Waals surface area (Å²) in [5.74, 6) is 1.47. The minimum atomic E-state index is 0.618. The maximum atomic E-state index is 5.97. The lowest BCUT2D eigenvalue weighted by Gasteiger charge is -2.35. The van der Waals surface area contributed by atoms with Crippen LogP contribution in [-0.4, -0.2) is 49.7 Å². The Labute approximate surface area is 102 Å². The fourth-order valence-corrected chi connectivity index (χ4v) is 2.08. The first-order valence-corrected chi connectivity index (χ1v) is 6.02. The number of nitrogen functional groups attached to an aromatic ring is 1. The van der Waals surface area contributed by atoms with Crippen molar-refractivity contribution in [2.75, 3.05) is 50.5 Å². The van der Waals surface area contributed by atoms with Crippen LogP contribution in [0.25, 0.3) is 0 Å². The summed E-state index contributed by atoms with van der Waals surface area (Å²) >= 11 is 0. The molecule has 5 nitrogen and oxygen atoms in total. The smallest absolute Gasteiger partial charge is 0.215 e. The molecule has 0 bridgehead atoms. The van der Waals surface area contributed by atoms with E-state index in [1.807, 2.05) is 6.07 Å². The van der Waals surface area contributed by atoms with Gasteiger partial charge in [-0.05, 0) is 12.6 Å². The van der Waals surface area contributed by atoms with Crippen molar-refractivity contribution >= 4 is 11.5 Å². The van der Waals surface area contributed by atoms with Gasteiger partial charge in [-0.25, -0.2) is 0 Å². The fraction of sp³-hybridized carbons (Fsp3) is 0.583. The highest BCUT2D eigenvalue weighted by Crippen LogP contribution is 2.24. The molecule has 0 saturated carbocycles. The van der Waals surface area contributed by atoms with E-state index >= 15 is 0 Å². The highest BCUT2D eigenvalue weighted by Gasteiger charge is 2.19. The van der Waals surface area contributed by atoms with Gasteiger partial charge in [-0.2, -0.15) is 4.98 Å². The number of piperazine rings is 1. The molecule has 1 saturated heterocycles. The van der Waals surface area contributed by atoms with Crippen LogP contribution in [0, 0.1) is 0 Å². The average molecular weight is 236 g/mol. The third-order valence-electron chi connectivity index (χ3n) is 3.21. The minimum Gasteiger partial charge on any atom is -0.481 e. The van der Waals surface area contributed by atoms with E-state index in [4.69, 9.17) is 10.5 Å². The molecule has 0 unspecified atom stereocenters. The van der Waals surface area contributed by atoms with Crippen LogP contribution in [0.4, 0.5) is 11.5 Å². The van der Waals surface area contributed by atoms with Gasteiger partial charge in [-0.3, -0.25) is 0 Å². The zero-order valence-corrected chi connectivity index (χ0v) is 10.5. The Balaban J connectivity index is 2.12. The molecule has 5 heteroatoms. The van der Waals surface area contributed by atoms with Crippen molar-refractivity contribution in [1.82, 2.24) is 9.88 Å². The molecule has 1 aromatic rings. The van der Waals surface area contributed by atoms with Gasteiger partial charge in [0.2, 0.25) is 5.88 Å². The third kappa shape index (κ3) is 2.61. The zero-order chi connectivity index (χ0) is 12.3. The number of ether oxygens (including phenoxy) is 1. The third-order valence-corrected chi connectivity index (χ3v) is 3.21. The minimum absolute atomic E-state index is 0.618. The quantitative estimate of drug-likeness (QED) is 0.842. The lowest BCUT2D eigenvalue weighted by molar-refractivity contribution is 0.270. The van der Waals surface area contributed by atoms with Crippen molar-refractivity contribution in [3.8, 4) is 5.88 Å². The predicted molar refractivity (Wildman–Crippen MR) is 69.5 cm³/mol. The number of rotatable bonds is 3. The first kappa shape index (κ1) is 12.0.